The molecule has 1 rings (SSSR count). The van der Waals surface area contributed by atoms with Crippen molar-refractivity contribution in [2.24, 2.45) is 0 Å². The molecule has 0 fully saturated rings. The Bertz CT molecular complexity index is 356. The van der Waals surface area contributed by atoms with Crippen LogP contribution in [0.15, 0.2) is 22.1 Å². The summed E-state index contributed by atoms with van der Waals surface area (Å²) in [6.07, 6.45) is 4.78. The molecule has 0 aliphatic rings. The maximum atomic E-state index is 11.8. The highest BCUT2D eigenvalue weighted by Gasteiger charge is 2.33. The molecule has 0 saturated carbocycles. The Kier molecular flexibility index (Phi) is 6.21. The quantitative estimate of drug-likeness (QED) is 0.577. The van der Waals surface area contributed by atoms with Gasteiger partial charge >= 0.3 is 5.97 Å². The minimum absolute atomic E-state index is 0.232. The molecule has 0 bridgehead atoms. The molecule has 6 heteroatoms. The summed E-state index contributed by atoms with van der Waals surface area (Å²) in [4.78, 5) is 15.8. The zero-order valence-electron chi connectivity index (χ0n) is 11.1. The van der Waals surface area contributed by atoms with Crippen molar-refractivity contribution < 1.29 is 13.9 Å². The number of nitrogens with one attached hydrogen (secondary N) is 1. The van der Waals surface area contributed by atoms with Gasteiger partial charge in [-0.1, -0.05) is 18.7 Å². The molecule has 0 amide bonds. The lowest BCUT2D eigenvalue weighted by Gasteiger charge is -2.27. The molecule has 1 unspecified atom stereocenters. The van der Waals surface area contributed by atoms with Crippen molar-refractivity contribution in [1.29, 1.82) is 0 Å². The summed E-state index contributed by atoms with van der Waals surface area (Å²) < 4.78 is 9.98. The molecule has 0 aliphatic heterocycles. The average Bonchev–Trinajstić information content (AvgIpc) is 2.88. The van der Waals surface area contributed by atoms with E-state index in [1.807, 2.05) is 6.92 Å². The van der Waals surface area contributed by atoms with Gasteiger partial charge in [0.2, 0.25) is 0 Å². The molecule has 1 heterocycles. The van der Waals surface area contributed by atoms with Crippen LogP contribution in [0.2, 0.25) is 0 Å². The lowest BCUT2D eigenvalue weighted by atomic mass is 9.99. The third-order valence-corrected chi connectivity index (χ3v) is 3.50. The number of carbonyl (C=O) groups excluding carboxylic acids is 1. The third-order valence-electron chi connectivity index (χ3n) is 2.64. The Labute approximate surface area is 112 Å². The number of ether oxygens (including phenoxy) is 1. The van der Waals surface area contributed by atoms with E-state index in [9.17, 15) is 4.79 Å². The van der Waals surface area contributed by atoms with Gasteiger partial charge in [0.25, 0.3) is 5.22 Å². The minimum Gasteiger partial charge on any atom is -0.468 e. The summed E-state index contributed by atoms with van der Waals surface area (Å²) in [6, 6.07) is 0. The van der Waals surface area contributed by atoms with Crippen molar-refractivity contribution in [3.63, 3.8) is 0 Å². The van der Waals surface area contributed by atoms with Crippen molar-refractivity contribution in [1.82, 2.24) is 10.3 Å². The van der Waals surface area contributed by atoms with Crippen molar-refractivity contribution in [2.75, 3.05) is 19.4 Å². The number of aromatic nitrogens is 1. The molecule has 0 spiro atoms. The van der Waals surface area contributed by atoms with Gasteiger partial charge in [0, 0.05) is 5.75 Å². The summed E-state index contributed by atoms with van der Waals surface area (Å²) in [6.45, 7) is 4.71. The zero-order valence-corrected chi connectivity index (χ0v) is 11.9. The molecule has 1 aromatic heterocycles. The van der Waals surface area contributed by atoms with Crippen LogP contribution in [0, 0.1) is 0 Å². The van der Waals surface area contributed by atoms with Crippen LogP contribution in [0.1, 0.15) is 26.7 Å². The number of hydrogen-bond donors (Lipinski definition) is 1. The van der Waals surface area contributed by atoms with Gasteiger partial charge in [0.1, 0.15) is 11.8 Å². The minimum atomic E-state index is -0.648. The zero-order chi connectivity index (χ0) is 13.4. The largest absolute Gasteiger partial charge is 0.468 e. The molecule has 102 valence electrons. The van der Waals surface area contributed by atoms with Crippen LogP contribution < -0.4 is 5.32 Å². The summed E-state index contributed by atoms with van der Waals surface area (Å²) in [7, 11) is 1.41. The van der Waals surface area contributed by atoms with Gasteiger partial charge in [-0.25, -0.2) is 4.98 Å². The Morgan fingerprint density at radius 3 is 3.00 bits per heavy atom. The average molecular weight is 272 g/mol. The SMILES string of the molecule is CCCNC(C)(CCSc1ncco1)C(=O)OC. The number of nitrogens with zero attached hydrogens (tertiary/aromatic N) is 1. The molecule has 0 aromatic carbocycles. The second kappa shape index (κ2) is 7.43. The summed E-state index contributed by atoms with van der Waals surface area (Å²) in [5, 5.41) is 3.86. The van der Waals surface area contributed by atoms with E-state index in [1.54, 1.807) is 6.20 Å². The highest BCUT2D eigenvalue weighted by atomic mass is 32.2. The van der Waals surface area contributed by atoms with Gasteiger partial charge in [0.15, 0.2) is 0 Å². The molecule has 1 N–H and O–H groups in total. The van der Waals surface area contributed by atoms with Crippen LogP contribution >= 0.6 is 11.8 Å². The fourth-order valence-corrected chi connectivity index (χ4v) is 2.46. The van der Waals surface area contributed by atoms with Crippen LogP contribution in [0.25, 0.3) is 0 Å². The first kappa shape index (κ1) is 15.0. The number of esters is 1. The van der Waals surface area contributed by atoms with E-state index in [4.69, 9.17) is 9.15 Å². The van der Waals surface area contributed by atoms with Crippen LogP contribution in [0.5, 0.6) is 0 Å². The second-order valence-electron chi connectivity index (χ2n) is 4.15. The first-order valence-corrected chi connectivity index (χ1v) is 6.96. The number of methoxy groups -OCH3 is 1. The summed E-state index contributed by atoms with van der Waals surface area (Å²) in [5.41, 5.74) is -0.648. The number of thioether (sulfide) groups is 1. The molecule has 5 nitrogen and oxygen atoms in total. The van der Waals surface area contributed by atoms with Gasteiger partial charge in [-0.15, -0.1) is 0 Å². The standard InChI is InChI=1S/C12H20N2O3S/c1-4-6-14-12(2,10(15)16-3)5-9-18-11-13-7-8-17-11/h7-8,14H,4-6,9H2,1-3H3. The van der Waals surface area contributed by atoms with Gasteiger partial charge in [-0.05, 0) is 26.3 Å². The molecule has 0 radical (unpaired) electrons. The fraction of sp³-hybridized carbons (Fsp3) is 0.667. The van der Waals surface area contributed by atoms with Crippen molar-refractivity contribution >= 4 is 17.7 Å². The molecule has 18 heavy (non-hydrogen) atoms. The van der Waals surface area contributed by atoms with Crippen molar-refractivity contribution in [2.45, 2.75) is 37.5 Å². The second-order valence-corrected chi connectivity index (χ2v) is 5.19. The smallest absolute Gasteiger partial charge is 0.325 e. The first-order chi connectivity index (χ1) is 8.62. The Balaban J connectivity index is 2.47. The van der Waals surface area contributed by atoms with E-state index < -0.39 is 5.54 Å². The maximum absolute atomic E-state index is 11.8. The normalized spacial score (nSPS) is 14.2. The fourth-order valence-electron chi connectivity index (χ4n) is 1.51. The predicted octanol–water partition coefficient (Wildman–Crippen LogP) is 2.09. The van der Waals surface area contributed by atoms with Gasteiger partial charge in [-0.2, -0.15) is 0 Å². The van der Waals surface area contributed by atoms with Crippen LogP contribution in [0.4, 0.5) is 0 Å². The highest BCUT2D eigenvalue weighted by Crippen LogP contribution is 2.21. The lowest BCUT2D eigenvalue weighted by molar-refractivity contribution is -0.148. The Morgan fingerprint density at radius 2 is 2.44 bits per heavy atom. The van der Waals surface area contributed by atoms with E-state index >= 15 is 0 Å². The number of rotatable bonds is 8. The van der Waals surface area contributed by atoms with E-state index in [2.05, 4.69) is 17.2 Å². The Hall–Kier alpha value is -1.01. The highest BCUT2D eigenvalue weighted by molar-refractivity contribution is 7.99. The van der Waals surface area contributed by atoms with Crippen LogP contribution in [-0.2, 0) is 9.53 Å². The van der Waals surface area contributed by atoms with Gasteiger partial charge in [0.05, 0.1) is 13.3 Å². The molecular weight excluding hydrogens is 252 g/mol. The van der Waals surface area contributed by atoms with E-state index in [-0.39, 0.29) is 5.97 Å². The number of oxazole rings is 1. The van der Waals surface area contributed by atoms with Crippen molar-refractivity contribution in [3.05, 3.63) is 12.5 Å². The number of carbonyl (C=O) groups is 1. The predicted molar refractivity (Wildman–Crippen MR) is 70.6 cm³/mol. The van der Waals surface area contributed by atoms with E-state index in [0.29, 0.717) is 11.6 Å². The molecule has 0 saturated heterocycles. The summed E-state index contributed by atoms with van der Waals surface area (Å²) >= 11 is 1.49. The van der Waals surface area contributed by atoms with E-state index in [1.165, 1.54) is 25.1 Å². The maximum Gasteiger partial charge on any atom is 0.325 e. The topological polar surface area (TPSA) is 64.4 Å². The first-order valence-electron chi connectivity index (χ1n) is 5.98. The molecule has 1 aromatic rings. The van der Waals surface area contributed by atoms with Crippen molar-refractivity contribution in [3.8, 4) is 0 Å². The summed E-state index contributed by atoms with van der Waals surface area (Å²) in [5.74, 6) is 0.506. The molecular formula is C12H20N2O3S. The van der Waals surface area contributed by atoms with Crippen LogP contribution in [0.3, 0.4) is 0 Å². The molecule has 1 atom stereocenters. The molecule has 0 aliphatic carbocycles. The van der Waals surface area contributed by atoms with Gasteiger partial charge in [-0.3, -0.25) is 4.79 Å². The van der Waals surface area contributed by atoms with Gasteiger partial charge < -0.3 is 14.5 Å². The monoisotopic (exact) mass is 272 g/mol. The van der Waals surface area contributed by atoms with E-state index in [0.717, 1.165) is 18.7 Å². The lowest BCUT2D eigenvalue weighted by Crippen LogP contribution is -2.50. The Morgan fingerprint density at radius 1 is 1.67 bits per heavy atom. The van der Waals surface area contributed by atoms with Crippen LogP contribution in [-0.4, -0.2) is 35.9 Å². The third kappa shape index (κ3) is 4.34. The number of hydrogen-bond acceptors (Lipinski definition) is 6.